The monoisotopic (exact) mass is 364 g/mol. The van der Waals surface area contributed by atoms with E-state index in [9.17, 15) is 19.5 Å². The molecule has 10 heteroatoms. The topological polar surface area (TPSA) is 156 Å². The second-order valence-electron chi connectivity index (χ2n) is 5.57. The van der Waals surface area contributed by atoms with Gasteiger partial charge in [-0.2, -0.15) is 0 Å². The molecule has 2 heterocycles. The van der Waals surface area contributed by atoms with E-state index in [-0.39, 0.29) is 13.2 Å². The molecule has 2 rings (SSSR count). The van der Waals surface area contributed by atoms with Crippen molar-refractivity contribution in [2.75, 3.05) is 20.2 Å². The number of carboxylic acids is 1. The van der Waals surface area contributed by atoms with E-state index in [1.165, 1.54) is 16.9 Å². The van der Waals surface area contributed by atoms with Crippen molar-refractivity contribution in [3.63, 3.8) is 0 Å². The van der Waals surface area contributed by atoms with Crippen molar-refractivity contribution in [2.45, 2.75) is 19.6 Å². The number of fused-ring (bicyclic) bond motifs is 1. The fraction of sp³-hybridized carbons (Fsp3) is 0.375. The van der Waals surface area contributed by atoms with Gasteiger partial charge in [-0.05, 0) is 6.08 Å². The van der Waals surface area contributed by atoms with Gasteiger partial charge in [-0.25, -0.2) is 0 Å². The van der Waals surface area contributed by atoms with E-state index in [1.54, 1.807) is 7.05 Å². The van der Waals surface area contributed by atoms with Crippen molar-refractivity contribution in [3.8, 4) is 5.75 Å². The van der Waals surface area contributed by atoms with E-state index in [4.69, 9.17) is 15.6 Å². The number of pyridine rings is 1. The maximum atomic E-state index is 12.8. The van der Waals surface area contributed by atoms with Gasteiger partial charge in [0.25, 0.3) is 11.5 Å². The van der Waals surface area contributed by atoms with Crippen LogP contribution in [0.2, 0.25) is 0 Å². The van der Waals surface area contributed by atoms with Gasteiger partial charge in [0.2, 0.25) is 0 Å². The highest BCUT2D eigenvalue weighted by Gasteiger charge is 2.27. The number of hydrogen-bond donors (Lipinski definition) is 4. The number of allylic oxidation sites excluding steroid dienone is 2. The molecular weight excluding hydrogens is 344 g/mol. The van der Waals surface area contributed by atoms with Crippen molar-refractivity contribution >= 4 is 18.1 Å². The number of aliphatic imine (C=N–C) groups is 1. The Morgan fingerprint density at radius 3 is 2.85 bits per heavy atom. The Kier molecular flexibility index (Phi) is 6.12. The number of carbonyl (C=O) groups is 2. The first-order valence-corrected chi connectivity index (χ1v) is 7.78. The van der Waals surface area contributed by atoms with E-state index in [2.05, 4.69) is 10.3 Å². The normalized spacial score (nSPS) is 14.3. The molecule has 1 aromatic heterocycles. The lowest BCUT2D eigenvalue weighted by Crippen LogP contribution is -2.38. The highest BCUT2D eigenvalue weighted by Crippen LogP contribution is 2.27. The lowest BCUT2D eigenvalue weighted by Gasteiger charge is -2.24. The van der Waals surface area contributed by atoms with E-state index in [0.29, 0.717) is 30.0 Å². The number of nitrogens with two attached hydrogens (primary N) is 1. The molecule has 0 fully saturated rings. The molecular formula is C16H20N4O6. The second-order valence-corrected chi connectivity index (χ2v) is 5.57. The van der Waals surface area contributed by atoms with Crippen LogP contribution in [0.3, 0.4) is 0 Å². The smallest absolute Gasteiger partial charge is 0.322 e. The molecule has 5 N–H and O–H groups in total. The van der Waals surface area contributed by atoms with Gasteiger partial charge < -0.3 is 30.6 Å². The van der Waals surface area contributed by atoms with E-state index in [1.807, 2.05) is 0 Å². The van der Waals surface area contributed by atoms with Crippen molar-refractivity contribution in [3.05, 3.63) is 38.9 Å². The molecule has 0 saturated carbocycles. The molecule has 0 aromatic carbocycles. The molecule has 0 saturated heterocycles. The second kappa shape index (κ2) is 8.30. The van der Waals surface area contributed by atoms with Crippen LogP contribution in [0.4, 0.5) is 0 Å². The average molecular weight is 364 g/mol. The first-order valence-electron chi connectivity index (χ1n) is 7.78. The molecule has 140 valence electrons. The quantitative estimate of drug-likeness (QED) is 0.471. The summed E-state index contributed by atoms with van der Waals surface area (Å²) in [5.41, 5.74) is 5.75. The zero-order valence-corrected chi connectivity index (χ0v) is 14.2. The Morgan fingerprint density at radius 2 is 2.19 bits per heavy atom. The van der Waals surface area contributed by atoms with Crippen LogP contribution in [0.5, 0.6) is 5.75 Å². The molecule has 10 nitrogen and oxygen atoms in total. The Balaban J connectivity index is 2.56. The lowest BCUT2D eigenvalue weighted by molar-refractivity contribution is -0.135. The largest absolute Gasteiger partial charge is 0.507 e. The number of carbonyl (C=O) groups excluding carboxylic acids is 1. The van der Waals surface area contributed by atoms with Crippen molar-refractivity contribution in [1.29, 1.82) is 0 Å². The molecule has 0 atom stereocenters. The summed E-state index contributed by atoms with van der Waals surface area (Å²) in [6.45, 7) is -0.296. The summed E-state index contributed by atoms with van der Waals surface area (Å²) in [6.07, 6.45) is 3.28. The predicted molar refractivity (Wildman–Crippen MR) is 92.4 cm³/mol. The Labute approximate surface area is 148 Å². The maximum absolute atomic E-state index is 12.8. The van der Waals surface area contributed by atoms with E-state index >= 15 is 0 Å². The molecule has 0 aliphatic carbocycles. The Bertz CT molecular complexity index is 840. The van der Waals surface area contributed by atoms with Crippen LogP contribution >= 0.6 is 0 Å². The molecule has 1 aliphatic rings. The average Bonchev–Trinajstić information content (AvgIpc) is 2.61. The zero-order chi connectivity index (χ0) is 19.3. The third-order valence-corrected chi connectivity index (χ3v) is 3.80. The van der Waals surface area contributed by atoms with Gasteiger partial charge in [0.05, 0.1) is 25.5 Å². The molecule has 0 spiro atoms. The fourth-order valence-corrected chi connectivity index (χ4v) is 2.60. The molecule has 0 radical (unpaired) electrons. The number of nitrogens with zero attached hydrogens (tertiary/aromatic N) is 2. The Hall–Kier alpha value is -3.14. The minimum absolute atomic E-state index is 0.0317. The summed E-state index contributed by atoms with van der Waals surface area (Å²) in [7, 11) is 1.57. The Morgan fingerprint density at radius 1 is 1.46 bits per heavy atom. The first kappa shape index (κ1) is 19.2. The van der Waals surface area contributed by atoms with Crippen LogP contribution in [-0.2, 0) is 29.1 Å². The number of amides is 1. The third kappa shape index (κ3) is 4.09. The summed E-state index contributed by atoms with van der Waals surface area (Å²) in [5, 5.41) is 21.2. The molecule has 0 bridgehead atoms. The summed E-state index contributed by atoms with van der Waals surface area (Å²) >= 11 is 0. The third-order valence-electron chi connectivity index (χ3n) is 3.80. The van der Waals surface area contributed by atoms with Crippen LogP contribution in [0, 0.1) is 0 Å². The first-order chi connectivity index (χ1) is 12.4. The predicted octanol–water partition coefficient (Wildman–Crippen LogP) is -1.02. The maximum Gasteiger partial charge on any atom is 0.322 e. The number of nitrogens with one attached hydrogen (secondary N) is 1. The van der Waals surface area contributed by atoms with Gasteiger partial charge in [0, 0.05) is 30.9 Å². The van der Waals surface area contributed by atoms with Crippen molar-refractivity contribution in [2.24, 2.45) is 10.7 Å². The number of rotatable bonds is 6. The minimum Gasteiger partial charge on any atom is -0.507 e. The molecule has 1 aliphatic heterocycles. The van der Waals surface area contributed by atoms with E-state index in [0.717, 1.165) is 0 Å². The van der Waals surface area contributed by atoms with Crippen LogP contribution < -0.4 is 16.6 Å². The number of aromatic nitrogens is 1. The summed E-state index contributed by atoms with van der Waals surface area (Å²) < 4.78 is 6.60. The zero-order valence-electron chi connectivity index (χ0n) is 14.2. The number of carboxylic acid groups (broad SMARTS) is 1. The van der Waals surface area contributed by atoms with E-state index < -0.39 is 35.3 Å². The van der Waals surface area contributed by atoms with Crippen LogP contribution in [-0.4, -0.2) is 53.1 Å². The van der Waals surface area contributed by atoms with Crippen LogP contribution in [0.25, 0.3) is 0 Å². The molecule has 1 amide bonds. The molecule has 0 unspecified atom stereocenters. The molecule has 26 heavy (non-hydrogen) atoms. The number of ether oxygens (including phenoxy) is 1. The summed E-state index contributed by atoms with van der Waals surface area (Å²) in [4.78, 5) is 39.4. The number of hydrogen-bond acceptors (Lipinski definition) is 7. The standard InChI is InChI=1S/C16H20N4O6/c1-18-4-2-9(17)7-20-11-8-26-5-3-10(11)14(23)13(16(20)25)15(24)19-6-12(21)22/h2,4,23H,3,5-8,17H2,1H3,(H,19,24)(H,21,22). The number of aromatic hydroxyl groups is 1. The molecule has 1 aromatic rings. The van der Waals surface area contributed by atoms with Crippen molar-refractivity contribution in [1.82, 2.24) is 9.88 Å². The number of aliphatic carboxylic acids is 1. The van der Waals surface area contributed by atoms with Gasteiger partial charge in [0.15, 0.2) is 0 Å². The van der Waals surface area contributed by atoms with Gasteiger partial charge >= 0.3 is 5.97 Å². The van der Waals surface area contributed by atoms with Crippen LogP contribution in [0.1, 0.15) is 21.6 Å². The SMILES string of the molecule is CN=CC=C(N)Cn1c2c(c(O)c(C(=O)NCC(=O)O)c1=O)CCOC2. The van der Waals surface area contributed by atoms with Gasteiger partial charge in [-0.1, -0.05) is 0 Å². The minimum atomic E-state index is -1.27. The summed E-state index contributed by atoms with van der Waals surface area (Å²) in [6, 6.07) is 0. The fourth-order valence-electron chi connectivity index (χ4n) is 2.60. The summed E-state index contributed by atoms with van der Waals surface area (Å²) in [5.74, 6) is -2.68. The lowest BCUT2D eigenvalue weighted by atomic mass is 10.0. The van der Waals surface area contributed by atoms with Gasteiger partial charge in [-0.3, -0.25) is 19.4 Å². The highest BCUT2D eigenvalue weighted by atomic mass is 16.5. The van der Waals surface area contributed by atoms with Crippen molar-refractivity contribution < 1.29 is 24.5 Å². The van der Waals surface area contributed by atoms with Gasteiger partial charge in [0.1, 0.15) is 17.9 Å². The van der Waals surface area contributed by atoms with Gasteiger partial charge in [-0.15, -0.1) is 0 Å². The highest BCUT2D eigenvalue weighted by molar-refractivity contribution is 5.98. The van der Waals surface area contributed by atoms with Crippen LogP contribution in [0.15, 0.2) is 21.6 Å².